The first kappa shape index (κ1) is 17.7. The Morgan fingerprint density at radius 3 is 2.42 bits per heavy atom. The first-order valence-corrected chi connectivity index (χ1v) is 7.75. The molecule has 9 heteroatoms. The molecule has 0 atom stereocenters. The van der Waals surface area contributed by atoms with Gasteiger partial charge >= 0.3 is 6.18 Å². The maximum absolute atomic E-state index is 13.0. The van der Waals surface area contributed by atoms with Gasteiger partial charge in [0.2, 0.25) is 0 Å². The number of aromatic nitrogens is 4. The second-order valence-corrected chi connectivity index (χ2v) is 5.82. The summed E-state index contributed by atoms with van der Waals surface area (Å²) >= 11 is 0. The molecule has 26 heavy (non-hydrogen) atoms. The highest BCUT2D eigenvalue weighted by atomic mass is 19.4. The van der Waals surface area contributed by atoms with Crippen LogP contribution in [0.5, 0.6) is 0 Å². The van der Waals surface area contributed by atoms with Crippen molar-refractivity contribution in [3.05, 3.63) is 58.7 Å². The Balaban J connectivity index is 1.98. The van der Waals surface area contributed by atoms with Gasteiger partial charge in [-0.25, -0.2) is 4.68 Å². The minimum absolute atomic E-state index is 0.122. The summed E-state index contributed by atoms with van der Waals surface area (Å²) in [4.78, 5) is 12.7. The normalized spacial score (nSPS) is 11.6. The third-order valence-corrected chi connectivity index (χ3v) is 3.97. The lowest BCUT2D eigenvalue weighted by atomic mass is 10.1. The van der Waals surface area contributed by atoms with Gasteiger partial charge in [-0.2, -0.15) is 23.4 Å². The zero-order chi connectivity index (χ0) is 19.1. The molecule has 0 saturated carbocycles. The average Bonchev–Trinajstić information content (AvgIpc) is 3.08. The minimum Gasteiger partial charge on any atom is -0.318 e. The molecular weight excluding hydrogens is 347 g/mol. The van der Waals surface area contributed by atoms with Gasteiger partial charge in [0, 0.05) is 0 Å². The predicted molar refractivity (Wildman–Crippen MR) is 89.3 cm³/mol. The van der Waals surface area contributed by atoms with Crippen LogP contribution in [0, 0.1) is 20.8 Å². The molecule has 0 bridgehead atoms. The zero-order valence-corrected chi connectivity index (χ0v) is 14.3. The van der Waals surface area contributed by atoms with E-state index in [1.54, 1.807) is 18.5 Å². The molecule has 6 nitrogen and oxygen atoms in total. The number of amides is 1. The Morgan fingerprint density at radius 2 is 1.81 bits per heavy atom. The number of benzene rings is 1. The number of carbonyl (C=O) groups excluding carboxylic acids is 1. The van der Waals surface area contributed by atoms with Gasteiger partial charge in [0.1, 0.15) is 0 Å². The lowest BCUT2D eigenvalue weighted by Crippen LogP contribution is -2.18. The first-order valence-electron chi connectivity index (χ1n) is 7.75. The Bertz CT molecular complexity index is 957. The van der Waals surface area contributed by atoms with Crippen molar-refractivity contribution in [1.82, 2.24) is 20.0 Å². The van der Waals surface area contributed by atoms with Crippen LogP contribution in [-0.4, -0.2) is 25.9 Å². The van der Waals surface area contributed by atoms with E-state index in [9.17, 15) is 18.0 Å². The summed E-state index contributed by atoms with van der Waals surface area (Å²) in [6.07, 6.45) is -4.67. The fourth-order valence-corrected chi connectivity index (χ4v) is 2.76. The van der Waals surface area contributed by atoms with Crippen LogP contribution in [0.25, 0.3) is 5.69 Å². The standard InChI is InChI=1S/C17H16F3N5O/c1-9-13(11(3)25(24-9)12-7-5-4-6-8-12)16(26)21-14-10(2)22-23-15(14)17(18,19)20/h4-8H,1-3H3,(H,21,26)(H,22,23). The SMILES string of the molecule is Cc1nn(-c2ccccc2)c(C)c1C(=O)Nc1c(C(F)(F)F)n[nH]c1C. The van der Waals surface area contributed by atoms with Crippen molar-refractivity contribution >= 4 is 11.6 Å². The summed E-state index contributed by atoms with van der Waals surface area (Å²) in [7, 11) is 0. The van der Waals surface area contributed by atoms with Crippen LogP contribution < -0.4 is 5.32 Å². The number of halogens is 3. The van der Waals surface area contributed by atoms with Crippen LogP contribution in [0.4, 0.5) is 18.9 Å². The number of hydrogen-bond donors (Lipinski definition) is 2. The second kappa shape index (κ2) is 6.32. The number of aryl methyl sites for hydroxylation is 2. The van der Waals surface area contributed by atoms with Crippen molar-refractivity contribution in [2.24, 2.45) is 0 Å². The summed E-state index contributed by atoms with van der Waals surface area (Å²) in [5.74, 6) is -0.669. The third-order valence-electron chi connectivity index (χ3n) is 3.97. The zero-order valence-electron chi connectivity index (χ0n) is 14.3. The van der Waals surface area contributed by atoms with Gasteiger partial charge in [-0.05, 0) is 32.9 Å². The molecule has 136 valence electrons. The summed E-state index contributed by atoms with van der Waals surface area (Å²) in [5, 5.41) is 12.2. The van der Waals surface area contributed by atoms with Gasteiger partial charge in [-0.1, -0.05) is 18.2 Å². The Morgan fingerprint density at radius 1 is 1.15 bits per heavy atom. The van der Waals surface area contributed by atoms with Crippen LogP contribution in [-0.2, 0) is 6.18 Å². The van der Waals surface area contributed by atoms with Crippen molar-refractivity contribution in [2.45, 2.75) is 26.9 Å². The van der Waals surface area contributed by atoms with Crippen LogP contribution in [0.2, 0.25) is 0 Å². The fraction of sp³-hybridized carbons (Fsp3) is 0.235. The van der Waals surface area contributed by atoms with Crippen LogP contribution in [0.1, 0.15) is 33.1 Å². The van der Waals surface area contributed by atoms with Crippen LogP contribution in [0.3, 0.4) is 0 Å². The molecule has 0 unspecified atom stereocenters. The van der Waals surface area contributed by atoms with E-state index in [0.29, 0.717) is 11.4 Å². The highest BCUT2D eigenvalue weighted by Gasteiger charge is 2.38. The topological polar surface area (TPSA) is 75.6 Å². The molecular formula is C17H16F3N5O. The van der Waals surface area contributed by atoms with Crippen molar-refractivity contribution in [1.29, 1.82) is 0 Å². The molecule has 3 rings (SSSR count). The third kappa shape index (κ3) is 3.07. The number of rotatable bonds is 3. The summed E-state index contributed by atoms with van der Waals surface area (Å²) < 4.78 is 40.7. The van der Waals surface area contributed by atoms with E-state index >= 15 is 0 Å². The second-order valence-electron chi connectivity index (χ2n) is 5.82. The Hall–Kier alpha value is -3.10. The number of aromatic amines is 1. The lowest BCUT2D eigenvalue weighted by molar-refractivity contribution is -0.140. The van der Waals surface area contributed by atoms with Crippen molar-refractivity contribution in [3.63, 3.8) is 0 Å². The van der Waals surface area contributed by atoms with Gasteiger partial charge < -0.3 is 5.32 Å². The number of alkyl halides is 3. The molecule has 0 aliphatic rings. The number of hydrogen-bond acceptors (Lipinski definition) is 3. The molecule has 3 aromatic rings. The van der Waals surface area contributed by atoms with E-state index in [-0.39, 0.29) is 16.9 Å². The van der Waals surface area contributed by atoms with Crippen LogP contribution >= 0.6 is 0 Å². The molecule has 1 aromatic carbocycles. The highest BCUT2D eigenvalue weighted by Crippen LogP contribution is 2.35. The first-order chi connectivity index (χ1) is 12.2. The van der Waals surface area contributed by atoms with Gasteiger partial charge in [-0.3, -0.25) is 9.89 Å². The summed E-state index contributed by atoms with van der Waals surface area (Å²) in [5.41, 5.74) is 0.504. The van der Waals surface area contributed by atoms with Gasteiger partial charge in [0.05, 0.1) is 34.0 Å². The van der Waals surface area contributed by atoms with E-state index in [4.69, 9.17) is 0 Å². The Labute approximate surface area is 147 Å². The predicted octanol–water partition coefficient (Wildman–Crippen LogP) is 3.79. The monoisotopic (exact) mass is 363 g/mol. The number of anilines is 1. The Kier molecular flexibility index (Phi) is 4.31. The molecule has 0 fully saturated rings. The van der Waals surface area contributed by atoms with Gasteiger partial charge in [0.15, 0.2) is 5.69 Å². The molecule has 0 aliphatic carbocycles. The van der Waals surface area contributed by atoms with Gasteiger partial charge in [0.25, 0.3) is 5.91 Å². The number of nitrogens with one attached hydrogen (secondary N) is 2. The minimum atomic E-state index is -4.67. The molecule has 1 amide bonds. The summed E-state index contributed by atoms with van der Waals surface area (Å²) in [6.45, 7) is 4.73. The largest absolute Gasteiger partial charge is 0.437 e. The number of carbonyl (C=O) groups is 1. The van der Waals surface area contributed by atoms with E-state index in [2.05, 4.69) is 20.6 Å². The number of nitrogens with zero attached hydrogens (tertiary/aromatic N) is 3. The highest BCUT2D eigenvalue weighted by molar-refractivity contribution is 6.06. The fourth-order valence-electron chi connectivity index (χ4n) is 2.76. The van der Waals surface area contributed by atoms with Crippen LogP contribution in [0.15, 0.2) is 30.3 Å². The maximum atomic E-state index is 13.0. The van der Waals surface area contributed by atoms with Crippen molar-refractivity contribution < 1.29 is 18.0 Å². The maximum Gasteiger partial charge on any atom is 0.437 e. The van der Waals surface area contributed by atoms with E-state index in [1.807, 2.05) is 30.3 Å². The van der Waals surface area contributed by atoms with E-state index in [1.165, 1.54) is 6.92 Å². The molecule has 2 aromatic heterocycles. The summed E-state index contributed by atoms with van der Waals surface area (Å²) in [6, 6.07) is 9.15. The van der Waals surface area contributed by atoms with E-state index < -0.39 is 17.8 Å². The molecule has 0 radical (unpaired) electrons. The van der Waals surface area contributed by atoms with Crippen molar-refractivity contribution in [2.75, 3.05) is 5.32 Å². The van der Waals surface area contributed by atoms with Gasteiger partial charge in [-0.15, -0.1) is 0 Å². The number of H-pyrrole nitrogens is 1. The van der Waals surface area contributed by atoms with Crippen molar-refractivity contribution in [3.8, 4) is 5.69 Å². The lowest BCUT2D eigenvalue weighted by Gasteiger charge is -2.09. The molecule has 2 N–H and O–H groups in total. The average molecular weight is 363 g/mol. The smallest absolute Gasteiger partial charge is 0.318 e. The molecule has 0 saturated heterocycles. The quantitative estimate of drug-likeness (QED) is 0.743. The molecule has 0 spiro atoms. The number of para-hydroxylation sites is 1. The molecule has 0 aliphatic heterocycles. The van der Waals surface area contributed by atoms with E-state index in [0.717, 1.165) is 5.69 Å². The molecule has 2 heterocycles.